The van der Waals surface area contributed by atoms with Crippen LogP contribution < -0.4 is 10.1 Å². The van der Waals surface area contributed by atoms with Gasteiger partial charge in [0.1, 0.15) is 11.4 Å². The first-order chi connectivity index (χ1) is 9.70. The van der Waals surface area contributed by atoms with Crippen LogP contribution in [0.4, 0.5) is 0 Å². The molecule has 1 aromatic carbocycles. The molecule has 1 spiro atoms. The van der Waals surface area contributed by atoms with Crippen molar-refractivity contribution < 1.29 is 4.74 Å². The molecule has 3 nitrogen and oxygen atoms in total. The van der Waals surface area contributed by atoms with Gasteiger partial charge in [-0.1, -0.05) is 11.6 Å². The smallest absolute Gasteiger partial charge is 0.125 e. The number of fused-ring (bicyclic) bond motifs is 4. The first-order valence-electron chi connectivity index (χ1n) is 7.58. The van der Waals surface area contributed by atoms with E-state index >= 15 is 0 Å². The molecule has 3 aliphatic rings. The first kappa shape index (κ1) is 12.9. The van der Waals surface area contributed by atoms with Crippen molar-refractivity contribution in [2.24, 2.45) is 5.92 Å². The van der Waals surface area contributed by atoms with Gasteiger partial charge >= 0.3 is 0 Å². The molecule has 4 rings (SSSR count). The number of hydrogen-bond acceptors (Lipinski definition) is 3. The van der Waals surface area contributed by atoms with Crippen LogP contribution in [0.1, 0.15) is 30.9 Å². The number of nitrogens with one attached hydrogen (secondary N) is 1. The lowest BCUT2D eigenvalue weighted by Gasteiger charge is -2.48. The summed E-state index contributed by atoms with van der Waals surface area (Å²) in [4.78, 5) is 2.57. The minimum atomic E-state index is 0.0293. The van der Waals surface area contributed by atoms with Gasteiger partial charge in [0.15, 0.2) is 0 Å². The maximum absolute atomic E-state index is 6.55. The number of benzene rings is 1. The Labute approximate surface area is 125 Å². The number of rotatable bonds is 1. The summed E-state index contributed by atoms with van der Waals surface area (Å²) in [6.45, 7) is 3.63. The fraction of sp³-hybridized carbons (Fsp3) is 0.625. The van der Waals surface area contributed by atoms with Gasteiger partial charge < -0.3 is 15.0 Å². The molecule has 0 aromatic heterocycles. The summed E-state index contributed by atoms with van der Waals surface area (Å²) >= 11 is 6.15. The monoisotopic (exact) mass is 292 g/mol. The molecular formula is C16H21ClN2O. The topological polar surface area (TPSA) is 24.5 Å². The van der Waals surface area contributed by atoms with Crippen molar-refractivity contribution in [2.75, 3.05) is 26.7 Å². The fourth-order valence-corrected chi connectivity index (χ4v) is 4.46. The second kappa shape index (κ2) is 4.62. The highest BCUT2D eigenvalue weighted by atomic mass is 35.5. The van der Waals surface area contributed by atoms with Crippen molar-refractivity contribution in [2.45, 2.75) is 30.9 Å². The molecule has 1 N–H and O–H groups in total. The molecule has 3 heterocycles. The molecule has 2 fully saturated rings. The molecule has 4 unspecified atom stereocenters. The van der Waals surface area contributed by atoms with Gasteiger partial charge in [0, 0.05) is 48.5 Å². The number of nitrogens with zero attached hydrogens (tertiary/aromatic N) is 1. The third-order valence-corrected chi connectivity index (χ3v) is 5.66. The van der Waals surface area contributed by atoms with Crippen LogP contribution in [0.15, 0.2) is 18.2 Å². The zero-order valence-corrected chi connectivity index (χ0v) is 12.6. The summed E-state index contributed by atoms with van der Waals surface area (Å²) in [6, 6.07) is 6.39. The zero-order valence-electron chi connectivity index (χ0n) is 11.9. The van der Waals surface area contributed by atoms with Crippen molar-refractivity contribution >= 4 is 11.6 Å². The Morgan fingerprint density at radius 2 is 2.30 bits per heavy atom. The van der Waals surface area contributed by atoms with Crippen LogP contribution in [0.25, 0.3) is 0 Å². The van der Waals surface area contributed by atoms with E-state index in [0.717, 1.165) is 23.6 Å². The maximum atomic E-state index is 6.55. The van der Waals surface area contributed by atoms with Crippen molar-refractivity contribution in [1.82, 2.24) is 10.2 Å². The normalized spacial score (nSPS) is 38.6. The Kier molecular flexibility index (Phi) is 2.99. The van der Waals surface area contributed by atoms with E-state index in [1.54, 1.807) is 0 Å². The second-order valence-electron chi connectivity index (χ2n) is 6.43. The molecule has 1 aromatic rings. The van der Waals surface area contributed by atoms with E-state index in [4.69, 9.17) is 16.3 Å². The van der Waals surface area contributed by atoms with Gasteiger partial charge in [-0.15, -0.1) is 0 Å². The SMILES string of the molecule is CNC1CC2(CCN3CCC2C3)Oc2ccc(Cl)cc21. The minimum Gasteiger partial charge on any atom is -0.486 e. The molecule has 2 bridgehead atoms. The first-order valence-corrected chi connectivity index (χ1v) is 7.96. The Hall–Kier alpha value is -0.770. The van der Waals surface area contributed by atoms with E-state index in [9.17, 15) is 0 Å². The Morgan fingerprint density at radius 1 is 1.40 bits per heavy atom. The number of piperidine rings is 1. The highest BCUT2D eigenvalue weighted by Gasteiger charge is 2.51. The molecule has 0 amide bonds. The Morgan fingerprint density at radius 3 is 3.15 bits per heavy atom. The second-order valence-corrected chi connectivity index (χ2v) is 6.87. The van der Waals surface area contributed by atoms with Crippen molar-refractivity contribution in [3.63, 3.8) is 0 Å². The van der Waals surface area contributed by atoms with Crippen molar-refractivity contribution in [1.29, 1.82) is 0 Å². The lowest BCUT2D eigenvalue weighted by atomic mass is 9.74. The van der Waals surface area contributed by atoms with E-state index < -0.39 is 0 Å². The van der Waals surface area contributed by atoms with E-state index in [1.165, 1.54) is 31.6 Å². The van der Waals surface area contributed by atoms with Crippen LogP contribution in [0, 0.1) is 5.92 Å². The van der Waals surface area contributed by atoms with Crippen molar-refractivity contribution in [3.05, 3.63) is 28.8 Å². The number of ether oxygens (including phenoxy) is 1. The van der Waals surface area contributed by atoms with Crippen LogP contribution in [-0.2, 0) is 0 Å². The average molecular weight is 293 g/mol. The predicted molar refractivity (Wildman–Crippen MR) is 80.4 cm³/mol. The molecule has 20 heavy (non-hydrogen) atoms. The molecule has 4 atom stereocenters. The molecule has 108 valence electrons. The lowest BCUT2D eigenvalue weighted by molar-refractivity contribution is -0.0467. The predicted octanol–water partition coefficient (Wildman–Crippen LogP) is 2.85. The summed E-state index contributed by atoms with van der Waals surface area (Å²) in [5, 5.41) is 4.26. The summed E-state index contributed by atoms with van der Waals surface area (Å²) in [5.74, 6) is 1.70. The van der Waals surface area contributed by atoms with Gasteiger partial charge in [0.05, 0.1) is 0 Å². The molecule has 2 saturated heterocycles. The van der Waals surface area contributed by atoms with Crippen LogP contribution in [0.5, 0.6) is 5.75 Å². The quantitative estimate of drug-likeness (QED) is 0.861. The highest BCUT2D eigenvalue weighted by Crippen LogP contribution is 2.49. The standard InChI is InChI=1S/C16H21ClN2O/c1-18-14-9-16(5-7-19-6-4-11(16)10-19)20-15-3-2-12(17)8-13(14)15/h2-3,8,11,14,18H,4-7,9-10H2,1H3. The van der Waals surface area contributed by atoms with Crippen LogP contribution in [-0.4, -0.2) is 37.2 Å². The zero-order chi connectivity index (χ0) is 13.7. The molecule has 0 radical (unpaired) electrons. The minimum absolute atomic E-state index is 0.0293. The lowest BCUT2D eigenvalue weighted by Crippen LogP contribution is -2.54. The van der Waals surface area contributed by atoms with Gasteiger partial charge in [-0.05, 0) is 38.2 Å². The van der Waals surface area contributed by atoms with Crippen LogP contribution >= 0.6 is 11.6 Å². The van der Waals surface area contributed by atoms with Gasteiger partial charge in [0.25, 0.3) is 0 Å². The van der Waals surface area contributed by atoms with Gasteiger partial charge in [0.2, 0.25) is 0 Å². The van der Waals surface area contributed by atoms with Crippen molar-refractivity contribution in [3.8, 4) is 5.75 Å². The molecule has 0 aliphatic carbocycles. The molecule has 0 saturated carbocycles. The van der Waals surface area contributed by atoms with Gasteiger partial charge in [-0.25, -0.2) is 0 Å². The fourth-order valence-electron chi connectivity index (χ4n) is 4.28. The molecule has 4 heteroatoms. The van der Waals surface area contributed by atoms with E-state index in [2.05, 4.69) is 16.3 Å². The third-order valence-electron chi connectivity index (χ3n) is 5.43. The summed E-state index contributed by atoms with van der Waals surface area (Å²) in [7, 11) is 2.04. The van der Waals surface area contributed by atoms with Gasteiger partial charge in [-0.3, -0.25) is 0 Å². The van der Waals surface area contributed by atoms with E-state index in [-0.39, 0.29) is 5.60 Å². The van der Waals surface area contributed by atoms with Crippen LogP contribution in [0.2, 0.25) is 5.02 Å². The number of hydrogen-bond donors (Lipinski definition) is 1. The third kappa shape index (κ3) is 1.87. The van der Waals surface area contributed by atoms with Gasteiger partial charge in [-0.2, -0.15) is 0 Å². The Bertz CT molecular complexity index is 535. The highest BCUT2D eigenvalue weighted by molar-refractivity contribution is 6.30. The average Bonchev–Trinajstić information content (AvgIpc) is 2.88. The molecular weight excluding hydrogens is 272 g/mol. The largest absolute Gasteiger partial charge is 0.486 e. The van der Waals surface area contributed by atoms with E-state index in [1.807, 2.05) is 19.2 Å². The van der Waals surface area contributed by atoms with Crippen LogP contribution in [0.3, 0.4) is 0 Å². The van der Waals surface area contributed by atoms with E-state index in [0.29, 0.717) is 12.0 Å². The number of halogens is 1. The maximum Gasteiger partial charge on any atom is 0.125 e. The summed E-state index contributed by atoms with van der Waals surface area (Å²) < 4.78 is 6.55. The molecule has 3 aliphatic heterocycles. The Balaban J connectivity index is 1.73. The summed E-state index contributed by atoms with van der Waals surface area (Å²) in [6.07, 6.45) is 3.49. The summed E-state index contributed by atoms with van der Waals surface area (Å²) in [5.41, 5.74) is 1.24.